The van der Waals surface area contributed by atoms with Crippen LogP contribution in [0.1, 0.15) is 24.0 Å². The Morgan fingerprint density at radius 1 is 1.43 bits per heavy atom. The third kappa shape index (κ3) is 4.27. The van der Waals surface area contributed by atoms with Crippen LogP contribution >= 0.6 is 11.3 Å². The van der Waals surface area contributed by atoms with E-state index in [1.165, 1.54) is 24.2 Å². The standard InChI is InChI=1S/C15H18N4OS/c16-14-10-21-15(18-14)19-17-7-12-3-1-2-4-13(12)9-20-8-11-5-6-11/h1-4,7,10-11H,5-6,8-9,16H2,(H,18,19). The van der Waals surface area contributed by atoms with Gasteiger partial charge in [0, 0.05) is 17.6 Å². The van der Waals surface area contributed by atoms with Gasteiger partial charge >= 0.3 is 0 Å². The highest BCUT2D eigenvalue weighted by Crippen LogP contribution is 2.29. The maximum atomic E-state index is 5.74. The summed E-state index contributed by atoms with van der Waals surface area (Å²) in [4.78, 5) is 4.09. The van der Waals surface area contributed by atoms with Gasteiger partial charge in [-0.2, -0.15) is 5.10 Å². The van der Waals surface area contributed by atoms with E-state index in [1.807, 2.05) is 18.2 Å². The molecule has 0 aliphatic heterocycles. The highest BCUT2D eigenvalue weighted by molar-refractivity contribution is 7.14. The molecule has 0 spiro atoms. The van der Waals surface area contributed by atoms with Gasteiger partial charge in [-0.15, -0.1) is 11.3 Å². The lowest BCUT2D eigenvalue weighted by Gasteiger charge is -2.06. The number of anilines is 2. The van der Waals surface area contributed by atoms with Gasteiger partial charge in [0.15, 0.2) is 0 Å². The molecule has 1 fully saturated rings. The van der Waals surface area contributed by atoms with Crippen LogP contribution in [0.5, 0.6) is 0 Å². The molecule has 3 rings (SSSR count). The summed E-state index contributed by atoms with van der Waals surface area (Å²) < 4.78 is 5.74. The van der Waals surface area contributed by atoms with Gasteiger partial charge in [-0.05, 0) is 24.3 Å². The third-order valence-electron chi connectivity index (χ3n) is 3.25. The van der Waals surface area contributed by atoms with Crippen LogP contribution in [0.25, 0.3) is 0 Å². The van der Waals surface area contributed by atoms with Crippen LogP contribution in [0, 0.1) is 5.92 Å². The van der Waals surface area contributed by atoms with Crippen molar-refractivity contribution < 1.29 is 4.74 Å². The first kappa shape index (κ1) is 14.0. The first-order valence-corrected chi connectivity index (χ1v) is 7.85. The molecule has 0 unspecified atom stereocenters. The normalized spacial score (nSPS) is 14.7. The Hall–Kier alpha value is -1.92. The Bertz CT molecular complexity index is 622. The number of thiazole rings is 1. The smallest absolute Gasteiger partial charge is 0.205 e. The van der Waals surface area contributed by atoms with Gasteiger partial charge in [-0.3, -0.25) is 5.43 Å². The highest BCUT2D eigenvalue weighted by Gasteiger charge is 2.21. The van der Waals surface area contributed by atoms with Gasteiger partial charge in [0.25, 0.3) is 0 Å². The predicted octanol–water partition coefficient (Wildman–Crippen LogP) is 3.10. The molecule has 2 aromatic rings. The Kier molecular flexibility index (Phi) is 4.47. The Morgan fingerprint density at radius 2 is 2.29 bits per heavy atom. The molecule has 21 heavy (non-hydrogen) atoms. The van der Waals surface area contributed by atoms with Crippen LogP contribution in [-0.2, 0) is 11.3 Å². The number of ether oxygens (including phenoxy) is 1. The van der Waals surface area contributed by atoms with Crippen molar-refractivity contribution in [2.45, 2.75) is 19.4 Å². The zero-order valence-corrected chi connectivity index (χ0v) is 12.5. The molecule has 0 bridgehead atoms. The fraction of sp³-hybridized carbons (Fsp3) is 0.333. The van der Waals surface area contributed by atoms with Crippen molar-refractivity contribution in [2.75, 3.05) is 17.8 Å². The van der Waals surface area contributed by atoms with Crippen molar-refractivity contribution in [2.24, 2.45) is 11.0 Å². The molecule has 1 aromatic carbocycles. The summed E-state index contributed by atoms with van der Waals surface area (Å²) in [5.41, 5.74) is 10.6. The van der Waals surface area contributed by atoms with E-state index in [9.17, 15) is 0 Å². The molecule has 1 aromatic heterocycles. The van der Waals surface area contributed by atoms with Crippen molar-refractivity contribution >= 4 is 28.5 Å². The Balaban J connectivity index is 1.57. The summed E-state index contributed by atoms with van der Waals surface area (Å²) in [5.74, 6) is 1.29. The van der Waals surface area contributed by atoms with E-state index in [2.05, 4.69) is 21.6 Å². The topological polar surface area (TPSA) is 72.5 Å². The molecule has 6 heteroatoms. The maximum absolute atomic E-state index is 5.74. The molecule has 110 valence electrons. The summed E-state index contributed by atoms with van der Waals surface area (Å²) in [6.45, 7) is 1.49. The second-order valence-electron chi connectivity index (χ2n) is 5.10. The van der Waals surface area contributed by atoms with E-state index in [-0.39, 0.29) is 0 Å². The molecule has 1 aliphatic carbocycles. The highest BCUT2D eigenvalue weighted by atomic mass is 32.1. The van der Waals surface area contributed by atoms with Gasteiger partial charge in [-0.1, -0.05) is 24.3 Å². The van der Waals surface area contributed by atoms with Crippen LogP contribution in [-0.4, -0.2) is 17.8 Å². The van der Waals surface area contributed by atoms with E-state index >= 15 is 0 Å². The molecule has 0 radical (unpaired) electrons. The molecule has 3 N–H and O–H groups in total. The van der Waals surface area contributed by atoms with Gasteiger partial charge in [0.1, 0.15) is 5.82 Å². The molecule has 1 saturated carbocycles. The maximum Gasteiger partial charge on any atom is 0.205 e. The summed E-state index contributed by atoms with van der Waals surface area (Å²) >= 11 is 1.43. The average Bonchev–Trinajstić information content (AvgIpc) is 3.22. The lowest BCUT2D eigenvalue weighted by atomic mass is 10.1. The number of nitrogens with one attached hydrogen (secondary N) is 1. The lowest BCUT2D eigenvalue weighted by molar-refractivity contribution is 0.111. The minimum absolute atomic E-state index is 0.506. The summed E-state index contributed by atoms with van der Waals surface area (Å²) in [6.07, 6.45) is 4.40. The first-order valence-electron chi connectivity index (χ1n) is 6.97. The van der Waals surface area contributed by atoms with E-state index in [1.54, 1.807) is 11.6 Å². The minimum Gasteiger partial charge on any atom is -0.383 e. The fourth-order valence-corrected chi connectivity index (χ4v) is 2.45. The van der Waals surface area contributed by atoms with Crippen molar-refractivity contribution in [3.05, 3.63) is 40.8 Å². The van der Waals surface area contributed by atoms with E-state index in [4.69, 9.17) is 10.5 Å². The molecule has 1 aliphatic rings. The number of nitrogen functional groups attached to an aromatic ring is 1. The SMILES string of the molecule is Nc1csc(NN=Cc2ccccc2COCC2CC2)n1. The zero-order chi connectivity index (χ0) is 14.5. The summed E-state index contributed by atoms with van der Waals surface area (Å²) in [7, 11) is 0. The lowest BCUT2D eigenvalue weighted by Crippen LogP contribution is -2.01. The summed E-state index contributed by atoms with van der Waals surface area (Å²) in [5, 5.41) is 6.66. The van der Waals surface area contributed by atoms with Crippen LogP contribution in [0.15, 0.2) is 34.7 Å². The van der Waals surface area contributed by atoms with Crippen molar-refractivity contribution in [3.63, 3.8) is 0 Å². The monoisotopic (exact) mass is 302 g/mol. The number of hydrogen-bond donors (Lipinski definition) is 2. The quantitative estimate of drug-likeness (QED) is 0.609. The number of nitrogens with two attached hydrogens (primary N) is 1. The Morgan fingerprint density at radius 3 is 3.05 bits per heavy atom. The molecule has 1 heterocycles. The van der Waals surface area contributed by atoms with Gasteiger partial charge < -0.3 is 10.5 Å². The largest absolute Gasteiger partial charge is 0.383 e. The van der Waals surface area contributed by atoms with Gasteiger partial charge in [0.2, 0.25) is 5.13 Å². The molecule has 0 amide bonds. The molecular formula is C15H18N4OS. The second kappa shape index (κ2) is 6.69. The van der Waals surface area contributed by atoms with Gasteiger partial charge in [0.05, 0.1) is 12.8 Å². The van der Waals surface area contributed by atoms with E-state index < -0.39 is 0 Å². The van der Waals surface area contributed by atoms with E-state index in [0.717, 1.165) is 23.7 Å². The van der Waals surface area contributed by atoms with Crippen molar-refractivity contribution in [3.8, 4) is 0 Å². The zero-order valence-electron chi connectivity index (χ0n) is 11.7. The number of benzene rings is 1. The van der Waals surface area contributed by atoms with Crippen LogP contribution < -0.4 is 11.2 Å². The molecule has 5 nitrogen and oxygen atoms in total. The summed E-state index contributed by atoms with van der Waals surface area (Å²) in [6, 6.07) is 8.10. The number of aromatic nitrogens is 1. The number of hydrazone groups is 1. The second-order valence-corrected chi connectivity index (χ2v) is 5.96. The minimum atomic E-state index is 0.506. The molecule has 0 atom stereocenters. The third-order valence-corrected chi connectivity index (χ3v) is 4.01. The molecule has 0 saturated heterocycles. The van der Waals surface area contributed by atoms with Crippen LogP contribution in [0.3, 0.4) is 0 Å². The van der Waals surface area contributed by atoms with Crippen LogP contribution in [0.2, 0.25) is 0 Å². The van der Waals surface area contributed by atoms with Crippen molar-refractivity contribution in [1.29, 1.82) is 0 Å². The average molecular weight is 302 g/mol. The predicted molar refractivity (Wildman–Crippen MR) is 86.6 cm³/mol. The van der Waals surface area contributed by atoms with Gasteiger partial charge in [-0.25, -0.2) is 4.98 Å². The Labute approximate surface area is 127 Å². The molecular weight excluding hydrogens is 284 g/mol. The first-order chi connectivity index (χ1) is 10.3. The van der Waals surface area contributed by atoms with Crippen molar-refractivity contribution in [1.82, 2.24) is 4.98 Å². The van der Waals surface area contributed by atoms with E-state index in [0.29, 0.717) is 17.6 Å². The fourth-order valence-electron chi connectivity index (χ4n) is 1.91. The number of rotatable bonds is 7. The number of nitrogens with zero attached hydrogens (tertiary/aromatic N) is 2. The van der Waals surface area contributed by atoms with Crippen LogP contribution in [0.4, 0.5) is 10.9 Å². The number of hydrogen-bond acceptors (Lipinski definition) is 6.